The van der Waals surface area contributed by atoms with Crippen molar-refractivity contribution < 1.29 is 14.7 Å². The van der Waals surface area contributed by atoms with E-state index in [1.807, 2.05) is 25.1 Å². The number of carbonyl (C=O) groups excluding carboxylic acids is 1. The SMILES string of the molecule is CCc1ccc(NC(=O)N2C[C@@H]3CCC[C@@]3(C(=O)O)C2)cc1C. The Morgan fingerprint density at radius 3 is 2.83 bits per heavy atom. The van der Waals surface area contributed by atoms with Gasteiger partial charge < -0.3 is 15.3 Å². The number of aryl methyl sites for hydroxylation is 2. The normalized spacial score (nSPS) is 26.2. The minimum atomic E-state index is -0.751. The molecule has 1 saturated carbocycles. The number of hydrogen-bond donors (Lipinski definition) is 2. The van der Waals surface area contributed by atoms with Crippen molar-refractivity contribution in [2.24, 2.45) is 11.3 Å². The predicted octanol–water partition coefficient (Wildman–Crippen LogP) is 3.28. The van der Waals surface area contributed by atoms with E-state index in [0.717, 1.165) is 30.5 Å². The molecular weight excluding hydrogens is 292 g/mol. The first-order valence-electron chi connectivity index (χ1n) is 8.35. The Hall–Kier alpha value is -2.04. The lowest BCUT2D eigenvalue weighted by Crippen LogP contribution is -2.38. The van der Waals surface area contributed by atoms with Gasteiger partial charge in [0.1, 0.15) is 0 Å². The molecule has 1 heterocycles. The van der Waals surface area contributed by atoms with E-state index in [2.05, 4.69) is 12.2 Å². The molecule has 0 unspecified atom stereocenters. The van der Waals surface area contributed by atoms with Crippen LogP contribution in [0.2, 0.25) is 0 Å². The van der Waals surface area contributed by atoms with Crippen LogP contribution in [0.4, 0.5) is 10.5 Å². The summed E-state index contributed by atoms with van der Waals surface area (Å²) in [7, 11) is 0. The number of amides is 2. The number of carboxylic acid groups (broad SMARTS) is 1. The summed E-state index contributed by atoms with van der Waals surface area (Å²) in [5.74, 6) is -0.659. The molecule has 2 fully saturated rings. The molecular formula is C18H24N2O3. The summed E-state index contributed by atoms with van der Waals surface area (Å²) in [4.78, 5) is 25.9. The zero-order valence-electron chi connectivity index (χ0n) is 13.8. The zero-order valence-corrected chi connectivity index (χ0v) is 13.8. The largest absolute Gasteiger partial charge is 0.481 e. The molecule has 2 aliphatic rings. The number of nitrogens with one attached hydrogen (secondary N) is 1. The smallest absolute Gasteiger partial charge is 0.321 e. The third kappa shape index (κ3) is 2.69. The summed E-state index contributed by atoms with van der Waals surface area (Å²) in [5.41, 5.74) is 2.47. The number of carbonyl (C=O) groups is 2. The van der Waals surface area contributed by atoms with Crippen LogP contribution in [0, 0.1) is 18.3 Å². The number of likely N-dealkylation sites (tertiary alicyclic amines) is 1. The van der Waals surface area contributed by atoms with Gasteiger partial charge in [0, 0.05) is 18.8 Å². The van der Waals surface area contributed by atoms with Crippen LogP contribution in [0.25, 0.3) is 0 Å². The zero-order chi connectivity index (χ0) is 16.6. The van der Waals surface area contributed by atoms with Gasteiger partial charge in [-0.2, -0.15) is 0 Å². The molecule has 5 heteroatoms. The molecule has 0 bridgehead atoms. The Balaban J connectivity index is 1.70. The molecule has 2 N–H and O–H groups in total. The maximum absolute atomic E-state index is 12.5. The number of nitrogens with zero attached hydrogens (tertiary/aromatic N) is 1. The number of hydrogen-bond acceptors (Lipinski definition) is 2. The number of urea groups is 1. The Bertz CT molecular complexity index is 643. The first-order chi connectivity index (χ1) is 11.0. The number of anilines is 1. The third-order valence-corrected chi connectivity index (χ3v) is 5.56. The minimum absolute atomic E-state index is 0.0925. The molecule has 1 aliphatic carbocycles. The molecule has 0 spiro atoms. The number of aliphatic carboxylic acids is 1. The Labute approximate surface area is 136 Å². The van der Waals surface area contributed by atoms with Crippen molar-refractivity contribution >= 4 is 17.7 Å². The van der Waals surface area contributed by atoms with Gasteiger partial charge in [0.2, 0.25) is 0 Å². The topological polar surface area (TPSA) is 69.6 Å². The van der Waals surface area contributed by atoms with Gasteiger partial charge in [-0.3, -0.25) is 4.79 Å². The van der Waals surface area contributed by atoms with Crippen molar-refractivity contribution in [1.29, 1.82) is 0 Å². The second-order valence-corrected chi connectivity index (χ2v) is 6.86. The molecule has 1 aliphatic heterocycles. The highest BCUT2D eigenvalue weighted by atomic mass is 16.4. The summed E-state index contributed by atoms with van der Waals surface area (Å²) in [6.45, 7) is 5.01. The van der Waals surface area contributed by atoms with Crippen molar-refractivity contribution in [3.05, 3.63) is 29.3 Å². The summed E-state index contributed by atoms with van der Waals surface area (Å²) in [5, 5.41) is 12.5. The standard InChI is InChI=1S/C18H24N2O3/c1-3-13-6-7-15(9-12(13)2)19-17(23)20-10-14-5-4-8-18(14,11-20)16(21)22/h6-7,9,14H,3-5,8,10-11H2,1-2H3,(H,19,23)(H,21,22)/t14-,18+/m0/s1. The van der Waals surface area contributed by atoms with Crippen molar-refractivity contribution in [2.75, 3.05) is 18.4 Å². The van der Waals surface area contributed by atoms with Gasteiger partial charge in [0.25, 0.3) is 0 Å². The fourth-order valence-corrected chi connectivity index (χ4v) is 4.17. The maximum Gasteiger partial charge on any atom is 0.321 e. The number of fused-ring (bicyclic) bond motifs is 1. The van der Waals surface area contributed by atoms with E-state index in [-0.39, 0.29) is 11.9 Å². The molecule has 124 valence electrons. The van der Waals surface area contributed by atoms with Crippen molar-refractivity contribution in [3.63, 3.8) is 0 Å². The molecule has 1 aromatic carbocycles. The fraction of sp³-hybridized carbons (Fsp3) is 0.556. The van der Waals surface area contributed by atoms with Gasteiger partial charge >= 0.3 is 12.0 Å². The molecule has 2 amide bonds. The van der Waals surface area contributed by atoms with Crippen LogP contribution >= 0.6 is 0 Å². The van der Waals surface area contributed by atoms with Crippen LogP contribution < -0.4 is 5.32 Å². The van der Waals surface area contributed by atoms with E-state index in [4.69, 9.17) is 0 Å². The first-order valence-corrected chi connectivity index (χ1v) is 8.35. The average molecular weight is 316 g/mol. The van der Waals surface area contributed by atoms with Crippen molar-refractivity contribution in [3.8, 4) is 0 Å². The highest BCUT2D eigenvalue weighted by Crippen LogP contribution is 2.48. The van der Waals surface area contributed by atoms with Gasteiger partial charge in [-0.25, -0.2) is 4.79 Å². The lowest BCUT2D eigenvalue weighted by molar-refractivity contribution is -0.149. The summed E-state index contributed by atoms with van der Waals surface area (Å²) in [6, 6.07) is 5.72. The molecule has 0 radical (unpaired) electrons. The molecule has 2 atom stereocenters. The maximum atomic E-state index is 12.5. The van der Waals surface area contributed by atoms with Crippen molar-refractivity contribution in [1.82, 2.24) is 4.90 Å². The van der Waals surface area contributed by atoms with Crippen LogP contribution in [0.5, 0.6) is 0 Å². The average Bonchev–Trinajstić information content (AvgIpc) is 3.05. The van der Waals surface area contributed by atoms with E-state index < -0.39 is 11.4 Å². The number of carboxylic acids is 1. The van der Waals surface area contributed by atoms with Crippen LogP contribution in [0.3, 0.4) is 0 Å². The molecule has 1 aromatic rings. The predicted molar refractivity (Wildman–Crippen MR) is 88.6 cm³/mol. The molecule has 5 nitrogen and oxygen atoms in total. The molecule has 1 saturated heterocycles. The Morgan fingerprint density at radius 2 is 2.22 bits per heavy atom. The molecule has 3 rings (SSSR count). The summed E-state index contributed by atoms with van der Waals surface area (Å²) >= 11 is 0. The first kappa shape index (κ1) is 15.8. The van der Waals surface area contributed by atoms with Crippen LogP contribution in [-0.2, 0) is 11.2 Å². The van der Waals surface area contributed by atoms with Crippen LogP contribution in [-0.4, -0.2) is 35.1 Å². The summed E-state index contributed by atoms with van der Waals surface area (Å²) in [6.07, 6.45) is 3.50. The van der Waals surface area contributed by atoms with Gasteiger partial charge in [-0.05, 0) is 55.4 Å². The van der Waals surface area contributed by atoms with Gasteiger partial charge in [0.05, 0.1) is 5.41 Å². The Morgan fingerprint density at radius 1 is 1.43 bits per heavy atom. The quantitative estimate of drug-likeness (QED) is 0.899. The number of rotatable bonds is 3. The van der Waals surface area contributed by atoms with Crippen molar-refractivity contribution in [2.45, 2.75) is 39.5 Å². The van der Waals surface area contributed by atoms with E-state index in [9.17, 15) is 14.7 Å². The highest BCUT2D eigenvalue weighted by molar-refractivity contribution is 5.90. The minimum Gasteiger partial charge on any atom is -0.481 e. The van der Waals surface area contributed by atoms with E-state index in [1.54, 1.807) is 4.90 Å². The van der Waals surface area contributed by atoms with Gasteiger partial charge in [-0.15, -0.1) is 0 Å². The lowest BCUT2D eigenvalue weighted by Gasteiger charge is -2.23. The van der Waals surface area contributed by atoms with E-state index >= 15 is 0 Å². The van der Waals surface area contributed by atoms with E-state index in [0.29, 0.717) is 19.5 Å². The lowest BCUT2D eigenvalue weighted by atomic mass is 9.81. The second kappa shape index (κ2) is 5.87. The van der Waals surface area contributed by atoms with Gasteiger partial charge in [-0.1, -0.05) is 19.4 Å². The highest BCUT2D eigenvalue weighted by Gasteiger charge is 2.55. The molecule has 23 heavy (non-hydrogen) atoms. The Kier molecular flexibility index (Phi) is 4.04. The second-order valence-electron chi connectivity index (χ2n) is 6.86. The van der Waals surface area contributed by atoms with Crippen LogP contribution in [0.15, 0.2) is 18.2 Å². The molecule has 0 aromatic heterocycles. The number of benzene rings is 1. The third-order valence-electron chi connectivity index (χ3n) is 5.56. The van der Waals surface area contributed by atoms with E-state index in [1.165, 1.54) is 5.56 Å². The fourth-order valence-electron chi connectivity index (χ4n) is 4.17. The summed E-state index contributed by atoms with van der Waals surface area (Å²) < 4.78 is 0. The monoisotopic (exact) mass is 316 g/mol. The van der Waals surface area contributed by atoms with Gasteiger partial charge in [0.15, 0.2) is 0 Å². The van der Waals surface area contributed by atoms with Crippen LogP contribution in [0.1, 0.15) is 37.3 Å².